The van der Waals surface area contributed by atoms with Gasteiger partial charge in [-0.05, 0) is 18.1 Å². The SMILES string of the molecule is CC(C)C(NC(=O)c1ccco1)C(=O)Nc1nncs1. The van der Waals surface area contributed by atoms with Crippen molar-refractivity contribution in [3.63, 3.8) is 0 Å². The van der Waals surface area contributed by atoms with Crippen molar-refractivity contribution in [3.05, 3.63) is 29.7 Å². The average molecular weight is 294 g/mol. The molecule has 0 spiro atoms. The van der Waals surface area contributed by atoms with Gasteiger partial charge in [0.15, 0.2) is 5.76 Å². The number of hydrogen-bond acceptors (Lipinski definition) is 6. The van der Waals surface area contributed by atoms with Crippen LogP contribution in [0.25, 0.3) is 0 Å². The van der Waals surface area contributed by atoms with Gasteiger partial charge in [-0.15, -0.1) is 10.2 Å². The molecule has 2 aromatic rings. The maximum Gasteiger partial charge on any atom is 0.287 e. The molecule has 8 heteroatoms. The summed E-state index contributed by atoms with van der Waals surface area (Å²) in [5.74, 6) is -0.682. The summed E-state index contributed by atoms with van der Waals surface area (Å²) in [6, 6.07) is 2.46. The zero-order valence-corrected chi connectivity index (χ0v) is 11.8. The van der Waals surface area contributed by atoms with Gasteiger partial charge in [0.1, 0.15) is 11.6 Å². The van der Waals surface area contributed by atoms with Gasteiger partial charge in [-0.1, -0.05) is 25.2 Å². The van der Waals surface area contributed by atoms with Crippen LogP contribution >= 0.6 is 11.3 Å². The Balaban J connectivity index is 2.03. The van der Waals surface area contributed by atoms with Crippen LogP contribution in [0.4, 0.5) is 5.13 Å². The number of aromatic nitrogens is 2. The van der Waals surface area contributed by atoms with Crippen molar-refractivity contribution in [2.24, 2.45) is 5.92 Å². The van der Waals surface area contributed by atoms with E-state index < -0.39 is 11.9 Å². The summed E-state index contributed by atoms with van der Waals surface area (Å²) in [7, 11) is 0. The maximum absolute atomic E-state index is 12.1. The summed E-state index contributed by atoms with van der Waals surface area (Å²) in [5, 5.41) is 13.0. The Morgan fingerprint density at radius 1 is 1.40 bits per heavy atom. The fourth-order valence-corrected chi connectivity index (χ4v) is 2.01. The van der Waals surface area contributed by atoms with Gasteiger partial charge in [0, 0.05) is 0 Å². The van der Waals surface area contributed by atoms with Crippen LogP contribution in [0.15, 0.2) is 28.3 Å². The second-order valence-corrected chi connectivity index (χ2v) is 5.24. The van der Waals surface area contributed by atoms with E-state index in [1.165, 1.54) is 29.2 Å². The lowest BCUT2D eigenvalue weighted by atomic mass is 10.0. The Morgan fingerprint density at radius 3 is 2.75 bits per heavy atom. The molecule has 2 amide bonds. The highest BCUT2D eigenvalue weighted by atomic mass is 32.1. The molecule has 106 valence electrons. The van der Waals surface area contributed by atoms with Crippen LogP contribution in [0.3, 0.4) is 0 Å². The molecule has 0 saturated heterocycles. The standard InChI is InChI=1S/C12H14N4O3S/c1-7(2)9(11(18)15-12-16-13-6-20-12)14-10(17)8-4-3-5-19-8/h3-7,9H,1-2H3,(H,14,17)(H,15,16,18). The summed E-state index contributed by atoms with van der Waals surface area (Å²) in [5.41, 5.74) is 1.52. The lowest BCUT2D eigenvalue weighted by Crippen LogP contribution is -2.47. The van der Waals surface area contributed by atoms with Crippen molar-refractivity contribution in [2.75, 3.05) is 5.32 Å². The Morgan fingerprint density at radius 2 is 2.20 bits per heavy atom. The van der Waals surface area contributed by atoms with E-state index in [2.05, 4.69) is 20.8 Å². The number of nitrogens with zero attached hydrogens (tertiary/aromatic N) is 2. The van der Waals surface area contributed by atoms with E-state index in [0.29, 0.717) is 5.13 Å². The van der Waals surface area contributed by atoms with E-state index in [1.807, 2.05) is 13.8 Å². The van der Waals surface area contributed by atoms with Crippen molar-refractivity contribution in [1.82, 2.24) is 15.5 Å². The predicted octanol–water partition coefficient (Wildman–Crippen LogP) is 1.52. The first-order valence-corrected chi connectivity index (χ1v) is 6.87. The van der Waals surface area contributed by atoms with Gasteiger partial charge in [0.05, 0.1) is 6.26 Å². The summed E-state index contributed by atoms with van der Waals surface area (Å²) >= 11 is 1.21. The topological polar surface area (TPSA) is 97.1 Å². The number of carbonyl (C=O) groups is 2. The van der Waals surface area contributed by atoms with E-state index in [0.717, 1.165) is 0 Å². The third-order valence-electron chi connectivity index (χ3n) is 2.57. The fourth-order valence-electron chi connectivity index (χ4n) is 1.57. The zero-order chi connectivity index (χ0) is 14.5. The van der Waals surface area contributed by atoms with E-state index >= 15 is 0 Å². The fraction of sp³-hybridized carbons (Fsp3) is 0.333. The molecule has 2 rings (SSSR count). The minimum Gasteiger partial charge on any atom is -0.459 e. The molecule has 0 aliphatic rings. The Kier molecular flexibility index (Phi) is 4.46. The first-order valence-electron chi connectivity index (χ1n) is 5.99. The number of amides is 2. The van der Waals surface area contributed by atoms with Crippen molar-refractivity contribution in [1.29, 1.82) is 0 Å². The molecule has 2 heterocycles. The molecule has 7 nitrogen and oxygen atoms in total. The average Bonchev–Trinajstić information content (AvgIpc) is 3.07. The van der Waals surface area contributed by atoms with Crippen molar-refractivity contribution in [3.8, 4) is 0 Å². The van der Waals surface area contributed by atoms with Gasteiger partial charge in [0.25, 0.3) is 5.91 Å². The molecular weight excluding hydrogens is 280 g/mol. The first-order chi connectivity index (χ1) is 9.58. The van der Waals surface area contributed by atoms with Gasteiger partial charge in [-0.3, -0.25) is 14.9 Å². The highest BCUT2D eigenvalue weighted by molar-refractivity contribution is 7.13. The van der Waals surface area contributed by atoms with E-state index in [-0.39, 0.29) is 17.6 Å². The van der Waals surface area contributed by atoms with Crippen LogP contribution in [-0.2, 0) is 4.79 Å². The van der Waals surface area contributed by atoms with Crippen LogP contribution in [0.2, 0.25) is 0 Å². The quantitative estimate of drug-likeness (QED) is 0.871. The predicted molar refractivity (Wildman–Crippen MR) is 73.3 cm³/mol. The molecular formula is C12H14N4O3S. The largest absolute Gasteiger partial charge is 0.459 e. The third kappa shape index (κ3) is 3.41. The molecule has 2 N–H and O–H groups in total. The van der Waals surface area contributed by atoms with Crippen LogP contribution < -0.4 is 10.6 Å². The molecule has 0 aliphatic carbocycles. The van der Waals surface area contributed by atoms with E-state index in [1.54, 1.807) is 6.07 Å². The molecule has 1 atom stereocenters. The lowest BCUT2D eigenvalue weighted by molar-refractivity contribution is -0.118. The first kappa shape index (κ1) is 14.2. The normalized spacial score (nSPS) is 12.2. The maximum atomic E-state index is 12.1. The number of carbonyl (C=O) groups excluding carboxylic acids is 2. The van der Waals surface area contributed by atoms with Crippen molar-refractivity contribution in [2.45, 2.75) is 19.9 Å². The van der Waals surface area contributed by atoms with E-state index in [9.17, 15) is 9.59 Å². The van der Waals surface area contributed by atoms with Crippen LogP contribution in [0.5, 0.6) is 0 Å². The minimum absolute atomic E-state index is 0.0816. The Bertz CT molecular complexity index is 566. The minimum atomic E-state index is -0.684. The molecule has 0 saturated carbocycles. The Hall–Kier alpha value is -2.22. The van der Waals surface area contributed by atoms with Gasteiger partial charge < -0.3 is 9.73 Å². The number of hydrogen-bond donors (Lipinski definition) is 2. The molecule has 2 aromatic heterocycles. The molecule has 0 aromatic carbocycles. The molecule has 0 radical (unpaired) electrons. The molecule has 1 unspecified atom stereocenters. The van der Waals surface area contributed by atoms with Crippen LogP contribution in [0.1, 0.15) is 24.4 Å². The molecule has 20 heavy (non-hydrogen) atoms. The van der Waals surface area contributed by atoms with Gasteiger partial charge in [-0.2, -0.15) is 0 Å². The molecule has 0 fully saturated rings. The van der Waals surface area contributed by atoms with Gasteiger partial charge in [0.2, 0.25) is 11.0 Å². The smallest absolute Gasteiger partial charge is 0.287 e. The molecule has 0 aliphatic heterocycles. The van der Waals surface area contributed by atoms with Crippen molar-refractivity contribution >= 4 is 28.3 Å². The summed E-state index contributed by atoms with van der Waals surface area (Å²) in [6.07, 6.45) is 1.40. The second kappa shape index (κ2) is 6.29. The monoisotopic (exact) mass is 294 g/mol. The van der Waals surface area contributed by atoms with Crippen LogP contribution in [-0.4, -0.2) is 28.1 Å². The summed E-state index contributed by atoms with van der Waals surface area (Å²) in [4.78, 5) is 24.1. The lowest BCUT2D eigenvalue weighted by Gasteiger charge is -2.20. The highest BCUT2D eigenvalue weighted by Crippen LogP contribution is 2.11. The second-order valence-electron chi connectivity index (χ2n) is 4.41. The third-order valence-corrected chi connectivity index (χ3v) is 3.18. The number of nitrogens with one attached hydrogen (secondary N) is 2. The summed E-state index contributed by atoms with van der Waals surface area (Å²) < 4.78 is 5.00. The van der Waals surface area contributed by atoms with Crippen LogP contribution in [0, 0.1) is 5.92 Å². The van der Waals surface area contributed by atoms with Gasteiger partial charge >= 0.3 is 0 Å². The van der Waals surface area contributed by atoms with Gasteiger partial charge in [-0.25, -0.2) is 0 Å². The number of rotatable bonds is 5. The molecule has 0 bridgehead atoms. The zero-order valence-electron chi connectivity index (χ0n) is 11.0. The van der Waals surface area contributed by atoms with Crippen molar-refractivity contribution < 1.29 is 14.0 Å². The number of furan rings is 1. The summed E-state index contributed by atoms with van der Waals surface area (Å²) in [6.45, 7) is 3.68. The highest BCUT2D eigenvalue weighted by Gasteiger charge is 2.26. The number of anilines is 1. The Labute approximate surface area is 119 Å². The van der Waals surface area contributed by atoms with E-state index in [4.69, 9.17) is 4.42 Å².